The molecule has 1 N–H and O–H groups in total. The van der Waals surface area contributed by atoms with Gasteiger partial charge < -0.3 is 14.8 Å². The highest BCUT2D eigenvalue weighted by atomic mass is 79.9. The third-order valence-corrected chi connectivity index (χ3v) is 6.78. The Hall–Kier alpha value is -2.20. The van der Waals surface area contributed by atoms with Gasteiger partial charge in [-0.2, -0.15) is 4.31 Å². The van der Waals surface area contributed by atoms with Crippen molar-refractivity contribution in [3.63, 3.8) is 0 Å². The van der Waals surface area contributed by atoms with Crippen LogP contribution < -0.4 is 10.1 Å². The van der Waals surface area contributed by atoms with Crippen LogP contribution in [0.1, 0.15) is 12.5 Å². The monoisotopic (exact) mass is 494 g/mol. The van der Waals surface area contributed by atoms with Gasteiger partial charge in [-0.25, -0.2) is 8.42 Å². The van der Waals surface area contributed by atoms with Gasteiger partial charge in [0.2, 0.25) is 15.9 Å². The zero-order chi connectivity index (χ0) is 21.6. The summed E-state index contributed by atoms with van der Waals surface area (Å²) in [4.78, 5) is 12.5. The van der Waals surface area contributed by atoms with Gasteiger partial charge in [0.25, 0.3) is 0 Å². The van der Waals surface area contributed by atoms with Gasteiger partial charge in [-0.1, -0.05) is 28.1 Å². The minimum atomic E-state index is -3.69. The number of hydrogen-bond donors (Lipinski definition) is 1. The molecule has 0 spiro atoms. The van der Waals surface area contributed by atoms with Crippen molar-refractivity contribution in [1.82, 2.24) is 4.31 Å². The number of nitrogens with one attached hydrogen (secondary N) is 1. The molecule has 2 aromatic rings. The van der Waals surface area contributed by atoms with Crippen LogP contribution in [0.3, 0.4) is 0 Å². The molecule has 0 radical (unpaired) electrons. The van der Waals surface area contributed by atoms with E-state index in [-0.39, 0.29) is 4.90 Å². The average molecular weight is 495 g/mol. The molecule has 0 bridgehead atoms. The van der Waals surface area contributed by atoms with E-state index < -0.39 is 15.9 Å². The Labute approximate surface area is 184 Å². The number of morpholine rings is 1. The molecule has 1 heterocycles. The van der Waals surface area contributed by atoms with E-state index in [0.29, 0.717) is 44.3 Å². The largest absolute Gasteiger partial charge is 0.492 e. The first-order valence-electron chi connectivity index (χ1n) is 9.49. The van der Waals surface area contributed by atoms with E-state index in [1.54, 1.807) is 12.1 Å². The fraction of sp³-hybridized carbons (Fsp3) is 0.286. The number of hydrogen-bond acceptors (Lipinski definition) is 5. The topological polar surface area (TPSA) is 84.9 Å². The molecule has 0 aliphatic carbocycles. The van der Waals surface area contributed by atoms with Gasteiger partial charge in [-0.15, -0.1) is 0 Å². The Balaban J connectivity index is 1.83. The second kappa shape index (κ2) is 10.2. The molecule has 1 fully saturated rings. The first-order chi connectivity index (χ1) is 14.4. The van der Waals surface area contributed by atoms with Crippen molar-refractivity contribution in [3.05, 3.63) is 58.6 Å². The SMILES string of the molecule is CCOc1ccc(S(=O)(=O)N2CCOCC2)cc1NC(=O)C=Cc1cccc(Br)c1. The molecule has 160 valence electrons. The number of nitrogens with zero attached hydrogens (tertiary/aromatic N) is 1. The fourth-order valence-corrected chi connectivity index (χ4v) is 4.79. The maximum Gasteiger partial charge on any atom is 0.248 e. The summed E-state index contributed by atoms with van der Waals surface area (Å²) in [6.07, 6.45) is 3.06. The third-order valence-electron chi connectivity index (χ3n) is 4.39. The lowest BCUT2D eigenvalue weighted by Crippen LogP contribution is -2.40. The van der Waals surface area contributed by atoms with Gasteiger partial charge in [0.15, 0.2) is 0 Å². The van der Waals surface area contributed by atoms with Gasteiger partial charge in [0.1, 0.15) is 5.75 Å². The van der Waals surface area contributed by atoms with E-state index in [1.807, 2.05) is 31.2 Å². The molecule has 7 nitrogen and oxygen atoms in total. The van der Waals surface area contributed by atoms with Gasteiger partial charge in [0.05, 0.1) is 30.4 Å². The molecule has 9 heteroatoms. The van der Waals surface area contributed by atoms with Gasteiger partial charge in [-0.05, 0) is 48.9 Å². The predicted molar refractivity (Wildman–Crippen MR) is 119 cm³/mol. The molecule has 0 saturated carbocycles. The van der Waals surface area contributed by atoms with Crippen LogP contribution in [-0.2, 0) is 19.6 Å². The minimum absolute atomic E-state index is 0.0964. The highest BCUT2D eigenvalue weighted by Gasteiger charge is 2.27. The second-order valence-corrected chi connectivity index (χ2v) is 9.34. The van der Waals surface area contributed by atoms with E-state index in [9.17, 15) is 13.2 Å². The van der Waals surface area contributed by atoms with E-state index in [2.05, 4.69) is 21.2 Å². The van der Waals surface area contributed by atoms with Crippen LogP contribution in [-0.4, -0.2) is 51.5 Å². The molecule has 1 aliphatic rings. The number of sulfonamides is 1. The number of amides is 1. The molecule has 0 unspecified atom stereocenters. The molecule has 1 aliphatic heterocycles. The smallest absolute Gasteiger partial charge is 0.248 e. The van der Waals surface area contributed by atoms with Crippen LogP contribution in [0.5, 0.6) is 5.75 Å². The lowest BCUT2D eigenvalue weighted by atomic mass is 10.2. The number of benzene rings is 2. The van der Waals surface area contributed by atoms with Crippen LogP contribution in [0, 0.1) is 0 Å². The highest BCUT2D eigenvalue weighted by Crippen LogP contribution is 2.29. The van der Waals surface area contributed by atoms with E-state index in [1.165, 1.54) is 22.5 Å². The molecule has 2 aromatic carbocycles. The molecule has 1 saturated heterocycles. The zero-order valence-corrected chi connectivity index (χ0v) is 18.9. The maximum atomic E-state index is 12.9. The third kappa shape index (κ3) is 5.69. The van der Waals surface area contributed by atoms with Crippen LogP contribution in [0.2, 0.25) is 0 Å². The quantitative estimate of drug-likeness (QED) is 0.595. The molecular formula is C21H23BrN2O5S. The van der Waals surface area contributed by atoms with Crippen LogP contribution in [0.4, 0.5) is 5.69 Å². The lowest BCUT2D eigenvalue weighted by molar-refractivity contribution is -0.111. The molecule has 0 atom stereocenters. The molecular weight excluding hydrogens is 472 g/mol. The van der Waals surface area contributed by atoms with Gasteiger partial charge in [0, 0.05) is 23.6 Å². The lowest BCUT2D eigenvalue weighted by Gasteiger charge is -2.26. The number of anilines is 1. The Bertz CT molecular complexity index is 1030. The number of rotatable bonds is 7. The number of carbonyl (C=O) groups is 1. The van der Waals surface area contributed by atoms with E-state index >= 15 is 0 Å². The molecule has 3 rings (SSSR count). The fourth-order valence-electron chi connectivity index (χ4n) is 2.94. The van der Waals surface area contributed by atoms with Crippen LogP contribution in [0.15, 0.2) is 57.9 Å². The maximum absolute atomic E-state index is 12.9. The average Bonchev–Trinajstić information content (AvgIpc) is 2.74. The first-order valence-corrected chi connectivity index (χ1v) is 11.7. The van der Waals surface area contributed by atoms with Crippen molar-refractivity contribution in [2.75, 3.05) is 38.2 Å². The summed E-state index contributed by atoms with van der Waals surface area (Å²) < 4.78 is 38.9. The molecule has 30 heavy (non-hydrogen) atoms. The van der Waals surface area contributed by atoms with Crippen molar-refractivity contribution in [2.24, 2.45) is 0 Å². The van der Waals surface area contributed by atoms with E-state index in [0.717, 1.165) is 10.0 Å². The number of halogens is 1. The second-order valence-electron chi connectivity index (χ2n) is 6.49. The summed E-state index contributed by atoms with van der Waals surface area (Å²) in [5, 5.41) is 2.73. The molecule has 0 aromatic heterocycles. The van der Waals surface area contributed by atoms with Gasteiger partial charge in [-0.3, -0.25) is 4.79 Å². The Kier molecular flexibility index (Phi) is 7.65. The highest BCUT2D eigenvalue weighted by molar-refractivity contribution is 9.10. The van der Waals surface area contributed by atoms with Crippen LogP contribution >= 0.6 is 15.9 Å². The van der Waals surface area contributed by atoms with Crippen molar-refractivity contribution in [3.8, 4) is 5.75 Å². The van der Waals surface area contributed by atoms with Crippen molar-refractivity contribution in [2.45, 2.75) is 11.8 Å². The minimum Gasteiger partial charge on any atom is -0.492 e. The Morgan fingerprint density at radius 3 is 2.70 bits per heavy atom. The van der Waals surface area contributed by atoms with E-state index in [4.69, 9.17) is 9.47 Å². The number of ether oxygens (including phenoxy) is 2. The Morgan fingerprint density at radius 2 is 2.00 bits per heavy atom. The summed E-state index contributed by atoms with van der Waals surface area (Å²) in [5.41, 5.74) is 1.16. The van der Waals surface area contributed by atoms with Crippen molar-refractivity contribution in [1.29, 1.82) is 0 Å². The summed E-state index contributed by atoms with van der Waals surface area (Å²) in [6.45, 7) is 3.52. The summed E-state index contributed by atoms with van der Waals surface area (Å²) >= 11 is 3.39. The summed E-state index contributed by atoms with van der Waals surface area (Å²) in [7, 11) is -3.69. The van der Waals surface area contributed by atoms with Crippen molar-refractivity contribution < 1.29 is 22.7 Å². The van der Waals surface area contributed by atoms with Crippen LogP contribution in [0.25, 0.3) is 6.08 Å². The van der Waals surface area contributed by atoms with Crippen molar-refractivity contribution >= 4 is 43.6 Å². The summed E-state index contributed by atoms with van der Waals surface area (Å²) in [6, 6.07) is 12.0. The first kappa shape index (κ1) is 22.5. The predicted octanol–water partition coefficient (Wildman–Crippen LogP) is 3.52. The van der Waals surface area contributed by atoms with Gasteiger partial charge >= 0.3 is 0 Å². The zero-order valence-electron chi connectivity index (χ0n) is 16.5. The Morgan fingerprint density at radius 1 is 1.23 bits per heavy atom. The normalized spacial score (nSPS) is 15.3. The number of carbonyl (C=O) groups excluding carboxylic acids is 1. The standard InChI is InChI=1S/C21H23BrN2O5S/c1-2-29-20-8-7-18(30(26,27)24-10-12-28-13-11-24)15-19(20)23-21(25)9-6-16-4-3-5-17(22)14-16/h3-9,14-15H,2,10-13H2,1H3,(H,23,25). The summed E-state index contributed by atoms with van der Waals surface area (Å²) in [5.74, 6) is 0.0134. The molecule has 1 amide bonds.